The van der Waals surface area contributed by atoms with E-state index in [0.717, 1.165) is 0 Å². The highest BCUT2D eigenvalue weighted by Crippen LogP contribution is 2.31. The average molecular weight is 360 g/mol. The molecule has 0 bridgehead atoms. The number of nitrogens with one attached hydrogen (secondary N) is 1. The van der Waals surface area contributed by atoms with Crippen molar-refractivity contribution in [1.29, 1.82) is 0 Å². The molecule has 134 valence electrons. The molecule has 0 spiro atoms. The summed E-state index contributed by atoms with van der Waals surface area (Å²) in [4.78, 5) is 20.4. The second-order valence-electron chi connectivity index (χ2n) is 5.07. The van der Waals surface area contributed by atoms with E-state index in [-0.39, 0.29) is 17.2 Å². The number of methoxy groups -OCH3 is 1. The van der Waals surface area contributed by atoms with Crippen LogP contribution in [0.5, 0.6) is 11.5 Å². The van der Waals surface area contributed by atoms with Crippen molar-refractivity contribution in [1.82, 2.24) is 14.5 Å². The minimum Gasteiger partial charge on any atom is -0.493 e. The number of carbonyl (C=O) groups is 1. The molecule has 0 unspecified atom stereocenters. The van der Waals surface area contributed by atoms with Gasteiger partial charge in [-0.15, -0.1) is 0 Å². The zero-order chi connectivity index (χ0) is 18.5. The molecule has 2 heterocycles. The Morgan fingerprint density at radius 3 is 2.69 bits per heavy atom. The first-order chi connectivity index (χ1) is 12.6. The van der Waals surface area contributed by atoms with Crippen LogP contribution in [-0.4, -0.2) is 34.2 Å². The molecule has 1 amide bonds. The van der Waals surface area contributed by atoms with Crippen LogP contribution in [-0.2, 0) is 0 Å². The van der Waals surface area contributed by atoms with Crippen LogP contribution in [0.4, 0.5) is 14.5 Å². The number of anilines is 1. The molecule has 3 rings (SSSR count). The Morgan fingerprint density at radius 2 is 2.08 bits per heavy atom. The van der Waals surface area contributed by atoms with Crippen LogP contribution >= 0.6 is 0 Å². The third-order valence-corrected chi connectivity index (χ3v) is 3.42. The fourth-order valence-electron chi connectivity index (χ4n) is 2.21. The number of rotatable bonds is 6. The first-order valence-electron chi connectivity index (χ1n) is 7.45. The summed E-state index contributed by atoms with van der Waals surface area (Å²) in [7, 11) is 1.33. The van der Waals surface area contributed by atoms with Gasteiger partial charge in [-0.1, -0.05) is 0 Å². The van der Waals surface area contributed by atoms with Gasteiger partial charge in [0.25, 0.3) is 5.91 Å². The van der Waals surface area contributed by atoms with Gasteiger partial charge in [0.05, 0.1) is 12.7 Å². The highest BCUT2D eigenvalue weighted by molar-refractivity contribution is 6.04. The lowest BCUT2D eigenvalue weighted by molar-refractivity contribution is -0.0511. The van der Waals surface area contributed by atoms with Gasteiger partial charge >= 0.3 is 6.61 Å². The summed E-state index contributed by atoms with van der Waals surface area (Å²) < 4.78 is 36.0. The van der Waals surface area contributed by atoms with Crippen molar-refractivity contribution in [2.75, 3.05) is 12.4 Å². The van der Waals surface area contributed by atoms with Crippen LogP contribution in [0.15, 0.2) is 55.2 Å². The van der Waals surface area contributed by atoms with E-state index in [1.807, 2.05) is 0 Å². The zero-order valence-corrected chi connectivity index (χ0v) is 13.6. The molecule has 0 radical (unpaired) electrons. The number of hydrogen-bond acceptors (Lipinski definition) is 5. The molecule has 0 saturated carbocycles. The number of amides is 1. The zero-order valence-electron chi connectivity index (χ0n) is 13.6. The Morgan fingerprint density at radius 1 is 1.23 bits per heavy atom. The van der Waals surface area contributed by atoms with Gasteiger partial charge in [0, 0.05) is 30.3 Å². The number of ether oxygens (including phenoxy) is 2. The van der Waals surface area contributed by atoms with Gasteiger partial charge in [-0.05, 0) is 24.3 Å². The maximum Gasteiger partial charge on any atom is 0.387 e. The molecule has 0 saturated heterocycles. The maximum absolute atomic E-state index is 12.5. The molecular formula is C17H14F2N4O3. The molecule has 0 fully saturated rings. The lowest BCUT2D eigenvalue weighted by atomic mass is 10.2. The number of pyridine rings is 1. The van der Waals surface area contributed by atoms with Gasteiger partial charge in [-0.3, -0.25) is 9.36 Å². The molecular weight excluding hydrogens is 346 g/mol. The van der Waals surface area contributed by atoms with E-state index in [0.29, 0.717) is 11.4 Å². The Balaban J connectivity index is 1.75. The molecule has 1 N–H and O–H groups in total. The number of aromatic nitrogens is 3. The molecule has 9 heteroatoms. The minimum absolute atomic E-state index is 0.134. The lowest BCUT2D eigenvalue weighted by Crippen LogP contribution is -2.13. The number of carbonyl (C=O) groups excluding carboxylic acids is 1. The largest absolute Gasteiger partial charge is 0.493 e. The van der Waals surface area contributed by atoms with Crippen LogP contribution in [0.3, 0.4) is 0 Å². The molecule has 26 heavy (non-hydrogen) atoms. The molecule has 0 aliphatic heterocycles. The third kappa shape index (κ3) is 3.94. The average Bonchev–Trinajstić information content (AvgIpc) is 3.16. The van der Waals surface area contributed by atoms with E-state index in [2.05, 4.69) is 20.0 Å². The predicted molar refractivity (Wildman–Crippen MR) is 88.9 cm³/mol. The number of alkyl halides is 2. The first-order valence-corrected chi connectivity index (χ1v) is 7.45. The first kappa shape index (κ1) is 17.3. The van der Waals surface area contributed by atoms with E-state index < -0.39 is 12.5 Å². The van der Waals surface area contributed by atoms with Crippen LogP contribution in [0.2, 0.25) is 0 Å². The summed E-state index contributed by atoms with van der Waals surface area (Å²) in [5.41, 5.74) is 0.589. The van der Waals surface area contributed by atoms with Gasteiger partial charge in [0.2, 0.25) is 0 Å². The summed E-state index contributed by atoms with van der Waals surface area (Å²) in [5.74, 6) is 0.127. The number of imidazole rings is 1. The summed E-state index contributed by atoms with van der Waals surface area (Å²) in [5, 5.41) is 2.60. The minimum atomic E-state index is -3.00. The van der Waals surface area contributed by atoms with Crippen molar-refractivity contribution in [2.24, 2.45) is 0 Å². The molecule has 0 atom stereocenters. The monoisotopic (exact) mass is 360 g/mol. The van der Waals surface area contributed by atoms with Gasteiger partial charge in [0.15, 0.2) is 11.5 Å². The van der Waals surface area contributed by atoms with E-state index in [1.165, 1.54) is 31.5 Å². The van der Waals surface area contributed by atoms with E-state index in [9.17, 15) is 13.6 Å². The smallest absolute Gasteiger partial charge is 0.387 e. The molecule has 1 aromatic carbocycles. The Hall–Kier alpha value is -3.49. The van der Waals surface area contributed by atoms with Crippen molar-refractivity contribution < 1.29 is 23.0 Å². The van der Waals surface area contributed by atoms with Gasteiger partial charge in [-0.25, -0.2) is 9.97 Å². The van der Waals surface area contributed by atoms with Crippen LogP contribution in [0, 0.1) is 0 Å². The molecule has 7 nitrogen and oxygen atoms in total. The molecule has 3 aromatic rings. The van der Waals surface area contributed by atoms with Crippen molar-refractivity contribution in [3.05, 3.63) is 60.8 Å². The highest BCUT2D eigenvalue weighted by atomic mass is 19.3. The highest BCUT2D eigenvalue weighted by Gasteiger charge is 2.13. The van der Waals surface area contributed by atoms with Crippen LogP contribution in [0.25, 0.3) is 5.82 Å². The van der Waals surface area contributed by atoms with Gasteiger partial charge < -0.3 is 14.8 Å². The lowest BCUT2D eigenvalue weighted by Gasteiger charge is -2.12. The van der Waals surface area contributed by atoms with Crippen molar-refractivity contribution in [3.63, 3.8) is 0 Å². The standard InChI is InChI=1S/C17H14F2N4O3/c1-25-13-4-3-12(8-14(13)26-17(18)19)22-16(24)11-2-5-15(21-9-11)23-7-6-20-10-23/h2-10,17H,1H3,(H,22,24). The van der Waals surface area contributed by atoms with Crippen LogP contribution in [0.1, 0.15) is 10.4 Å². The van der Waals surface area contributed by atoms with E-state index in [4.69, 9.17) is 4.74 Å². The quantitative estimate of drug-likeness (QED) is 0.731. The number of nitrogens with zero attached hydrogens (tertiary/aromatic N) is 3. The third-order valence-electron chi connectivity index (χ3n) is 3.42. The second-order valence-corrected chi connectivity index (χ2v) is 5.07. The normalized spacial score (nSPS) is 10.6. The summed E-state index contributed by atoms with van der Waals surface area (Å²) in [6, 6.07) is 7.46. The SMILES string of the molecule is COc1ccc(NC(=O)c2ccc(-n3ccnc3)nc2)cc1OC(F)F. The molecule has 0 aliphatic carbocycles. The van der Waals surface area contributed by atoms with E-state index in [1.54, 1.807) is 35.4 Å². The molecule has 0 aliphatic rings. The van der Waals surface area contributed by atoms with Crippen LogP contribution < -0.4 is 14.8 Å². The predicted octanol–water partition coefficient (Wildman–Crippen LogP) is 3.13. The van der Waals surface area contributed by atoms with E-state index >= 15 is 0 Å². The summed E-state index contributed by atoms with van der Waals surface area (Å²) in [6.07, 6.45) is 6.34. The van der Waals surface area contributed by atoms with Gasteiger partial charge in [-0.2, -0.15) is 8.78 Å². The maximum atomic E-state index is 12.5. The fourth-order valence-corrected chi connectivity index (χ4v) is 2.21. The second kappa shape index (κ2) is 7.60. The number of hydrogen-bond donors (Lipinski definition) is 1. The number of halogens is 2. The summed E-state index contributed by atoms with van der Waals surface area (Å²) >= 11 is 0. The fraction of sp³-hybridized carbons (Fsp3) is 0.118. The Bertz CT molecular complexity index is 884. The molecule has 2 aromatic heterocycles. The van der Waals surface area contributed by atoms with Crippen molar-refractivity contribution >= 4 is 11.6 Å². The van der Waals surface area contributed by atoms with Gasteiger partial charge in [0.1, 0.15) is 12.1 Å². The Labute approximate surface area is 147 Å². The summed E-state index contributed by atoms with van der Waals surface area (Å²) in [6.45, 7) is -3.00. The topological polar surface area (TPSA) is 78.3 Å². The van der Waals surface area contributed by atoms with Crippen molar-refractivity contribution in [2.45, 2.75) is 6.61 Å². The Kier molecular flexibility index (Phi) is 5.07. The van der Waals surface area contributed by atoms with Crippen molar-refractivity contribution in [3.8, 4) is 17.3 Å². The number of benzene rings is 1.